The number of hydrogen-bond donors (Lipinski definition) is 1. The molecule has 0 aromatic heterocycles. The fraction of sp³-hybridized carbons (Fsp3) is 0.222. The molecule has 2 amide bonds. The van der Waals surface area contributed by atoms with Crippen LogP contribution in [0.25, 0.3) is 0 Å². The lowest BCUT2D eigenvalue weighted by Crippen LogP contribution is -2.35. The maximum absolute atomic E-state index is 12.5. The zero-order valence-corrected chi connectivity index (χ0v) is 7.33. The second-order valence-corrected chi connectivity index (χ2v) is 2.56. The first-order valence-electron chi connectivity index (χ1n) is 3.97. The molecular weight excluding hydrogens is 171 g/mol. The van der Waals surface area contributed by atoms with Crippen LogP contribution in [0.5, 0.6) is 0 Å². The lowest BCUT2D eigenvalue weighted by molar-refractivity contribution is 0.254. The van der Waals surface area contributed by atoms with Crippen molar-refractivity contribution in [1.82, 2.24) is 0 Å². The number of primary amides is 1. The summed E-state index contributed by atoms with van der Waals surface area (Å²) in [6, 6.07) is 5.09. The third-order valence-electron chi connectivity index (χ3n) is 1.72. The van der Waals surface area contributed by atoms with Crippen molar-refractivity contribution >= 4 is 11.7 Å². The Hall–Kier alpha value is -1.58. The number of carbonyl (C=O) groups excluding carboxylic acids is 1. The smallest absolute Gasteiger partial charge is 0.319 e. The Morgan fingerprint density at radius 2 is 2.00 bits per heavy atom. The van der Waals surface area contributed by atoms with E-state index >= 15 is 0 Å². The molecule has 0 atom stereocenters. The van der Waals surface area contributed by atoms with Crippen LogP contribution in [0.1, 0.15) is 6.92 Å². The molecule has 0 spiro atoms. The molecule has 1 aromatic rings. The van der Waals surface area contributed by atoms with E-state index in [-0.39, 0.29) is 5.82 Å². The number of rotatable bonds is 2. The molecule has 0 bridgehead atoms. The van der Waals surface area contributed by atoms with Crippen LogP contribution in [0.2, 0.25) is 0 Å². The summed E-state index contributed by atoms with van der Waals surface area (Å²) >= 11 is 0. The van der Waals surface area contributed by atoms with Gasteiger partial charge in [-0.1, -0.05) is 0 Å². The lowest BCUT2D eigenvalue weighted by Gasteiger charge is -2.17. The molecule has 1 rings (SSSR count). The Morgan fingerprint density at radius 1 is 1.46 bits per heavy atom. The van der Waals surface area contributed by atoms with Crippen molar-refractivity contribution in [3.8, 4) is 0 Å². The standard InChI is InChI=1S/C9H11FN2O/c1-2-12(9(11)13)8-5-3-7(10)4-6-8/h3-6H,2H2,1H3,(H2,11,13). The molecule has 70 valence electrons. The van der Waals surface area contributed by atoms with Crippen molar-refractivity contribution < 1.29 is 9.18 Å². The van der Waals surface area contributed by atoms with Gasteiger partial charge in [0.2, 0.25) is 0 Å². The first-order chi connectivity index (χ1) is 6.15. The monoisotopic (exact) mass is 182 g/mol. The van der Waals surface area contributed by atoms with Gasteiger partial charge in [0.15, 0.2) is 0 Å². The van der Waals surface area contributed by atoms with Crippen LogP contribution in [0.4, 0.5) is 14.9 Å². The molecule has 0 aliphatic rings. The summed E-state index contributed by atoms with van der Waals surface area (Å²) in [4.78, 5) is 12.2. The highest BCUT2D eigenvalue weighted by molar-refractivity contribution is 5.90. The molecular formula is C9H11FN2O. The summed E-state index contributed by atoms with van der Waals surface area (Å²) in [7, 11) is 0. The number of urea groups is 1. The molecule has 13 heavy (non-hydrogen) atoms. The highest BCUT2D eigenvalue weighted by Crippen LogP contribution is 2.13. The van der Waals surface area contributed by atoms with Gasteiger partial charge in [0, 0.05) is 12.2 Å². The van der Waals surface area contributed by atoms with Gasteiger partial charge in [-0.2, -0.15) is 0 Å². The summed E-state index contributed by atoms with van der Waals surface area (Å²) in [5.41, 5.74) is 5.72. The van der Waals surface area contributed by atoms with Crippen molar-refractivity contribution in [1.29, 1.82) is 0 Å². The van der Waals surface area contributed by atoms with Gasteiger partial charge in [-0.25, -0.2) is 9.18 Å². The van der Waals surface area contributed by atoms with Crippen molar-refractivity contribution in [3.63, 3.8) is 0 Å². The number of hydrogen-bond acceptors (Lipinski definition) is 1. The SMILES string of the molecule is CCN(C(N)=O)c1ccc(F)cc1. The van der Waals surface area contributed by atoms with Crippen LogP contribution < -0.4 is 10.6 Å². The topological polar surface area (TPSA) is 46.3 Å². The number of nitrogens with zero attached hydrogens (tertiary/aromatic N) is 1. The normalized spacial score (nSPS) is 9.69. The molecule has 0 heterocycles. The van der Waals surface area contributed by atoms with Gasteiger partial charge in [-0.05, 0) is 31.2 Å². The van der Waals surface area contributed by atoms with Gasteiger partial charge >= 0.3 is 6.03 Å². The molecule has 0 fully saturated rings. The van der Waals surface area contributed by atoms with Gasteiger partial charge in [-0.15, -0.1) is 0 Å². The van der Waals surface area contributed by atoms with E-state index in [2.05, 4.69) is 0 Å². The van der Waals surface area contributed by atoms with Crippen LogP contribution in [-0.4, -0.2) is 12.6 Å². The van der Waals surface area contributed by atoms with Gasteiger partial charge in [0.05, 0.1) is 0 Å². The molecule has 2 N–H and O–H groups in total. The first-order valence-corrected chi connectivity index (χ1v) is 3.97. The number of amides is 2. The van der Waals surface area contributed by atoms with Crippen molar-refractivity contribution in [2.24, 2.45) is 5.73 Å². The maximum Gasteiger partial charge on any atom is 0.319 e. The lowest BCUT2D eigenvalue weighted by atomic mass is 10.3. The van der Waals surface area contributed by atoms with E-state index in [0.29, 0.717) is 12.2 Å². The fourth-order valence-corrected chi connectivity index (χ4v) is 1.09. The third kappa shape index (κ3) is 2.18. The molecule has 0 saturated heterocycles. The quantitative estimate of drug-likeness (QED) is 0.743. The summed E-state index contributed by atoms with van der Waals surface area (Å²) in [6.07, 6.45) is 0. The fourth-order valence-electron chi connectivity index (χ4n) is 1.09. The van der Waals surface area contributed by atoms with Crippen LogP contribution in [0.3, 0.4) is 0 Å². The predicted octanol–water partition coefficient (Wildman–Crippen LogP) is 1.73. The molecule has 1 aromatic carbocycles. The summed E-state index contributed by atoms with van der Waals surface area (Å²) in [5.74, 6) is -0.329. The van der Waals surface area contributed by atoms with E-state index in [1.54, 1.807) is 6.92 Å². The minimum Gasteiger partial charge on any atom is -0.351 e. The van der Waals surface area contributed by atoms with E-state index < -0.39 is 6.03 Å². The molecule has 0 radical (unpaired) electrons. The maximum atomic E-state index is 12.5. The van der Waals surface area contributed by atoms with Crippen molar-refractivity contribution in [2.75, 3.05) is 11.4 Å². The molecule has 4 heteroatoms. The van der Waals surface area contributed by atoms with Gasteiger partial charge in [0.1, 0.15) is 5.82 Å². The number of benzene rings is 1. The van der Waals surface area contributed by atoms with Crippen molar-refractivity contribution in [2.45, 2.75) is 6.92 Å². The van der Waals surface area contributed by atoms with Crippen LogP contribution in [0.15, 0.2) is 24.3 Å². The van der Waals surface area contributed by atoms with Crippen LogP contribution in [-0.2, 0) is 0 Å². The second-order valence-electron chi connectivity index (χ2n) is 2.56. The van der Waals surface area contributed by atoms with E-state index in [1.165, 1.54) is 29.2 Å². The van der Waals surface area contributed by atoms with Crippen molar-refractivity contribution in [3.05, 3.63) is 30.1 Å². The Labute approximate surface area is 76.0 Å². The highest BCUT2D eigenvalue weighted by Gasteiger charge is 2.08. The van der Waals surface area contributed by atoms with E-state index in [1.807, 2.05) is 0 Å². The Bertz CT molecular complexity index is 297. The minimum absolute atomic E-state index is 0.329. The number of anilines is 1. The minimum atomic E-state index is -0.533. The zero-order valence-electron chi connectivity index (χ0n) is 7.33. The molecule has 3 nitrogen and oxygen atoms in total. The number of carbonyl (C=O) groups is 1. The highest BCUT2D eigenvalue weighted by atomic mass is 19.1. The summed E-state index contributed by atoms with van der Waals surface area (Å²) < 4.78 is 12.5. The Balaban J connectivity index is 2.92. The summed E-state index contributed by atoms with van der Waals surface area (Å²) in [6.45, 7) is 2.27. The van der Waals surface area contributed by atoms with E-state index in [4.69, 9.17) is 5.73 Å². The third-order valence-corrected chi connectivity index (χ3v) is 1.72. The van der Waals surface area contributed by atoms with Gasteiger partial charge in [-0.3, -0.25) is 4.90 Å². The number of halogens is 1. The van der Waals surface area contributed by atoms with E-state index in [9.17, 15) is 9.18 Å². The molecule has 0 unspecified atom stereocenters. The average Bonchev–Trinajstić information content (AvgIpc) is 2.09. The van der Waals surface area contributed by atoms with Crippen LogP contribution >= 0.6 is 0 Å². The molecule has 0 aliphatic heterocycles. The van der Waals surface area contributed by atoms with Crippen LogP contribution in [0, 0.1) is 5.82 Å². The number of nitrogens with two attached hydrogens (primary N) is 1. The Morgan fingerprint density at radius 3 is 2.38 bits per heavy atom. The van der Waals surface area contributed by atoms with Gasteiger partial charge < -0.3 is 5.73 Å². The molecule has 0 aliphatic carbocycles. The predicted molar refractivity (Wildman–Crippen MR) is 49.0 cm³/mol. The first kappa shape index (κ1) is 9.51. The average molecular weight is 182 g/mol. The molecule has 0 saturated carbocycles. The largest absolute Gasteiger partial charge is 0.351 e. The zero-order chi connectivity index (χ0) is 9.84. The summed E-state index contributed by atoms with van der Waals surface area (Å²) in [5, 5.41) is 0. The Kier molecular flexibility index (Phi) is 2.84. The van der Waals surface area contributed by atoms with E-state index in [0.717, 1.165) is 0 Å². The van der Waals surface area contributed by atoms with Gasteiger partial charge in [0.25, 0.3) is 0 Å². The second kappa shape index (κ2) is 3.89.